The van der Waals surface area contributed by atoms with E-state index in [1.807, 2.05) is 12.1 Å². The fourth-order valence-electron chi connectivity index (χ4n) is 9.87. The van der Waals surface area contributed by atoms with E-state index in [4.69, 9.17) is 15.0 Å². The Labute approximate surface area is 373 Å². The Bertz CT molecular complexity index is 3360. The number of nitrogens with zero attached hydrogens (tertiary/aromatic N) is 4. The monoisotopic (exact) mass is 818 g/mol. The largest absolute Gasteiger partial charge is 0.316 e. The van der Waals surface area contributed by atoms with Gasteiger partial charge in [-0.05, 0) is 115 Å². The van der Waals surface area contributed by atoms with Crippen molar-refractivity contribution in [2.75, 3.05) is 4.90 Å². The lowest BCUT2D eigenvalue weighted by Crippen LogP contribution is -2.22. The molecule has 2 aliphatic rings. The molecule has 1 aliphatic heterocycles. The second kappa shape index (κ2) is 15.0. The number of benzene rings is 9. The molecular weight excluding hydrogens is 777 g/mol. The van der Waals surface area contributed by atoms with Crippen LogP contribution in [0.2, 0.25) is 0 Å². The van der Waals surface area contributed by atoms with Crippen molar-refractivity contribution in [2.45, 2.75) is 19.3 Å². The molecule has 2 heterocycles. The van der Waals surface area contributed by atoms with Crippen molar-refractivity contribution >= 4 is 28.2 Å². The van der Waals surface area contributed by atoms with E-state index < -0.39 is 0 Å². The van der Waals surface area contributed by atoms with Crippen LogP contribution in [-0.4, -0.2) is 15.0 Å². The minimum Gasteiger partial charge on any atom is -0.316 e. The van der Waals surface area contributed by atoms with Gasteiger partial charge in [0.05, 0.1) is 5.69 Å². The van der Waals surface area contributed by atoms with Crippen molar-refractivity contribution in [3.05, 3.63) is 229 Å². The van der Waals surface area contributed by atoms with Gasteiger partial charge in [-0.15, -0.1) is 0 Å². The second-order valence-corrected chi connectivity index (χ2v) is 17.3. The molecule has 0 atom stereocenters. The van der Waals surface area contributed by atoms with Crippen molar-refractivity contribution in [1.82, 2.24) is 15.0 Å². The van der Waals surface area contributed by atoms with Gasteiger partial charge in [0, 0.05) is 39.4 Å². The summed E-state index contributed by atoms with van der Waals surface area (Å²) in [5.74, 6) is 1.88. The first kappa shape index (κ1) is 37.5. The standard InChI is InChI=1S/C60H42N4/c1-60(2)53-38-45(30-31-51(53)52-37-46-24-12-20-41-32-33-64(50-28-10-5-11-29-50)56(54(41)46)55(52)60)44-23-15-27-49(36-44)59-62-57(47-25-13-21-42(34-47)39-16-6-3-7-17-39)61-58(63-59)48-26-14-22-43(35-48)40-18-8-4-9-19-40/h3-38H,1-2H3. The normalized spacial score (nSPS) is 13.2. The fraction of sp³-hybridized carbons (Fsp3) is 0.0500. The highest BCUT2D eigenvalue weighted by molar-refractivity contribution is 6.11. The van der Waals surface area contributed by atoms with Crippen LogP contribution in [0.1, 0.15) is 30.5 Å². The lowest BCUT2D eigenvalue weighted by molar-refractivity contribution is 0.661. The SMILES string of the molecule is CC1(C)c2cc(-c3cccc(-c4nc(-c5cccc(-c6ccccc6)c5)nc(-c5cccc(-c6ccccc6)c5)n4)c3)ccc2-c2cc3cccc4c3c(c21)N(c1ccccc1)C=C4. The molecule has 4 heteroatoms. The molecule has 64 heavy (non-hydrogen) atoms. The lowest BCUT2D eigenvalue weighted by atomic mass is 9.79. The summed E-state index contributed by atoms with van der Waals surface area (Å²) in [4.78, 5) is 18.0. The van der Waals surface area contributed by atoms with Gasteiger partial charge in [-0.1, -0.05) is 178 Å². The van der Waals surface area contributed by atoms with Crippen LogP contribution in [0.15, 0.2) is 212 Å². The Hall–Kier alpha value is -8.21. The Balaban J connectivity index is 0.972. The minimum atomic E-state index is -0.270. The van der Waals surface area contributed by atoms with Gasteiger partial charge in [0.15, 0.2) is 17.5 Å². The zero-order valence-corrected chi connectivity index (χ0v) is 35.6. The van der Waals surface area contributed by atoms with Gasteiger partial charge in [-0.2, -0.15) is 0 Å². The number of aromatic nitrogens is 3. The molecule has 302 valence electrons. The van der Waals surface area contributed by atoms with Crippen LogP contribution in [0, 0.1) is 0 Å². The molecule has 0 N–H and O–H groups in total. The summed E-state index contributed by atoms with van der Waals surface area (Å²) in [6, 6.07) is 73.3. The molecule has 0 saturated carbocycles. The molecule has 0 amide bonds. The average Bonchev–Trinajstić information content (AvgIpc) is 3.59. The summed E-state index contributed by atoms with van der Waals surface area (Å²) >= 11 is 0. The fourth-order valence-corrected chi connectivity index (χ4v) is 9.87. The van der Waals surface area contributed by atoms with Crippen molar-refractivity contribution in [1.29, 1.82) is 0 Å². The maximum Gasteiger partial charge on any atom is 0.164 e. The molecule has 10 aromatic rings. The van der Waals surface area contributed by atoms with Gasteiger partial charge in [0.2, 0.25) is 0 Å². The van der Waals surface area contributed by atoms with Crippen LogP contribution in [0.25, 0.3) is 95.5 Å². The van der Waals surface area contributed by atoms with E-state index in [2.05, 4.69) is 225 Å². The summed E-state index contributed by atoms with van der Waals surface area (Å²) in [6.45, 7) is 4.77. The molecule has 1 aliphatic carbocycles. The Morgan fingerprint density at radius 1 is 0.391 bits per heavy atom. The summed E-state index contributed by atoms with van der Waals surface area (Å²) in [7, 11) is 0. The van der Waals surface area contributed by atoms with Crippen LogP contribution in [0.5, 0.6) is 0 Å². The Kier molecular flexibility index (Phi) is 8.80. The van der Waals surface area contributed by atoms with E-state index in [1.54, 1.807) is 0 Å². The molecule has 0 unspecified atom stereocenters. The smallest absolute Gasteiger partial charge is 0.164 e. The predicted octanol–water partition coefficient (Wildman–Crippen LogP) is 15.5. The van der Waals surface area contributed by atoms with E-state index in [1.165, 1.54) is 44.3 Å². The first-order chi connectivity index (χ1) is 31.5. The molecule has 0 bridgehead atoms. The zero-order valence-electron chi connectivity index (χ0n) is 35.6. The molecule has 12 rings (SSSR count). The minimum absolute atomic E-state index is 0.270. The van der Waals surface area contributed by atoms with Gasteiger partial charge in [0.25, 0.3) is 0 Å². The predicted molar refractivity (Wildman–Crippen MR) is 265 cm³/mol. The van der Waals surface area contributed by atoms with Crippen LogP contribution < -0.4 is 4.90 Å². The van der Waals surface area contributed by atoms with Crippen molar-refractivity contribution in [2.24, 2.45) is 0 Å². The number of para-hydroxylation sites is 1. The maximum absolute atomic E-state index is 5.22. The van der Waals surface area contributed by atoms with Gasteiger partial charge in [0.1, 0.15) is 0 Å². The van der Waals surface area contributed by atoms with E-state index in [9.17, 15) is 0 Å². The summed E-state index contributed by atoms with van der Waals surface area (Å²) in [5.41, 5.74) is 18.2. The highest BCUT2D eigenvalue weighted by Gasteiger charge is 2.40. The third kappa shape index (κ3) is 6.34. The van der Waals surface area contributed by atoms with Crippen molar-refractivity contribution in [3.8, 4) is 78.7 Å². The maximum atomic E-state index is 5.22. The summed E-state index contributed by atoms with van der Waals surface area (Å²) in [6.07, 6.45) is 4.48. The number of anilines is 2. The summed E-state index contributed by atoms with van der Waals surface area (Å²) < 4.78 is 0. The van der Waals surface area contributed by atoms with E-state index in [0.717, 1.165) is 55.8 Å². The van der Waals surface area contributed by atoms with E-state index in [-0.39, 0.29) is 5.41 Å². The zero-order chi connectivity index (χ0) is 42.8. The molecule has 4 nitrogen and oxygen atoms in total. The molecule has 1 aromatic heterocycles. The molecular formula is C60H42N4. The first-order valence-corrected chi connectivity index (χ1v) is 21.9. The van der Waals surface area contributed by atoms with Gasteiger partial charge < -0.3 is 4.90 Å². The van der Waals surface area contributed by atoms with Crippen molar-refractivity contribution in [3.63, 3.8) is 0 Å². The molecule has 0 saturated heterocycles. The highest BCUT2D eigenvalue weighted by atomic mass is 15.1. The quantitative estimate of drug-likeness (QED) is 0.161. The van der Waals surface area contributed by atoms with Gasteiger partial charge in [-0.3, -0.25) is 0 Å². The van der Waals surface area contributed by atoms with Crippen LogP contribution >= 0.6 is 0 Å². The highest BCUT2D eigenvalue weighted by Crippen LogP contribution is 2.57. The Morgan fingerprint density at radius 2 is 0.859 bits per heavy atom. The number of hydrogen-bond acceptors (Lipinski definition) is 4. The topological polar surface area (TPSA) is 41.9 Å². The molecule has 0 spiro atoms. The van der Waals surface area contributed by atoms with Crippen LogP contribution in [0.4, 0.5) is 11.4 Å². The lowest BCUT2D eigenvalue weighted by Gasteiger charge is -2.33. The first-order valence-electron chi connectivity index (χ1n) is 21.9. The Morgan fingerprint density at radius 3 is 1.42 bits per heavy atom. The molecule has 9 aromatic carbocycles. The van der Waals surface area contributed by atoms with Crippen LogP contribution in [0.3, 0.4) is 0 Å². The van der Waals surface area contributed by atoms with Crippen molar-refractivity contribution < 1.29 is 0 Å². The third-order valence-electron chi connectivity index (χ3n) is 13.0. The molecule has 0 radical (unpaired) electrons. The van der Waals surface area contributed by atoms with Gasteiger partial charge in [-0.25, -0.2) is 15.0 Å². The van der Waals surface area contributed by atoms with E-state index >= 15 is 0 Å². The van der Waals surface area contributed by atoms with E-state index in [0.29, 0.717) is 17.5 Å². The van der Waals surface area contributed by atoms with Crippen LogP contribution in [-0.2, 0) is 5.41 Å². The molecule has 0 fully saturated rings. The average molecular weight is 819 g/mol. The number of hydrogen-bond donors (Lipinski definition) is 0. The summed E-state index contributed by atoms with van der Waals surface area (Å²) in [5, 5.41) is 2.56. The number of rotatable bonds is 7. The number of fused-ring (bicyclic) bond motifs is 4. The van der Waals surface area contributed by atoms with Gasteiger partial charge >= 0.3 is 0 Å². The third-order valence-corrected chi connectivity index (χ3v) is 13.0. The second-order valence-electron chi connectivity index (χ2n) is 17.3.